The molecule has 0 aliphatic heterocycles. The van der Waals surface area contributed by atoms with Gasteiger partial charge in [-0.3, -0.25) is 4.79 Å². The number of primary amides is 1. The third kappa shape index (κ3) is 2.55. The molecule has 3 heteroatoms. The summed E-state index contributed by atoms with van der Waals surface area (Å²) in [4.78, 5) is 11.0. The molecule has 3 nitrogen and oxygen atoms in total. The van der Waals surface area contributed by atoms with Crippen molar-refractivity contribution < 1.29 is 4.79 Å². The largest absolute Gasteiger partial charge is 0.369 e. The van der Waals surface area contributed by atoms with Crippen molar-refractivity contribution in [2.45, 2.75) is 39.7 Å². The Hall–Kier alpha value is -1.77. The second-order valence-corrected chi connectivity index (χ2v) is 4.85. The van der Waals surface area contributed by atoms with Gasteiger partial charge in [0.15, 0.2) is 0 Å². The van der Waals surface area contributed by atoms with Gasteiger partial charge in [-0.05, 0) is 36.6 Å². The number of fused-ring (bicyclic) bond motifs is 1. The number of nitrogens with zero attached hydrogens (tertiary/aromatic N) is 1. The molecule has 0 atom stereocenters. The molecule has 1 amide bonds. The van der Waals surface area contributed by atoms with E-state index in [1.165, 1.54) is 29.3 Å². The van der Waals surface area contributed by atoms with Gasteiger partial charge in [-0.25, -0.2) is 0 Å². The Kier molecular flexibility index (Phi) is 3.70. The molecular formula is C15H20N2O. The summed E-state index contributed by atoms with van der Waals surface area (Å²) in [5, 5.41) is 1.23. The number of hydrogen-bond acceptors (Lipinski definition) is 1. The number of carbonyl (C=O) groups excluding carboxylic acids is 1. The summed E-state index contributed by atoms with van der Waals surface area (Å²) < 4.78 is 2.29. The van der Waals surface area contributed by atoms with Gasteiger partial charge in [0.05, 0.1) is 6.42 Å². The maximum absolute atomic E-state index is 11.0. The molecule has 0 spiro atoms. The Labute approximate surface area is 108 Å². The van der Waals surface area contributed by atoms with E-state index >= 15 is 0 Å². The van der Waals surface area contributed by atoms with Crippen molar-refractivity contribution in [1.29, 1.82) is 0 Å². The highest BCUT2D eigenvalue weighted by atomic mass is 16.1. The summed E-state index contributed by atoms with van der Waals surface area (Å²) in [5.41, 5.74) is 8.73. The van der Waals surface area contributed by atoms with Crippen LogP contribution in [0, 0.1) is 6.92 Å². The number of nitrogens with two attached hydrogens (primary N) is 1. The van der Waals surface area contributed by atoms with Crippen LogP contribution >= 0.6 is 0 Å². The zero-order chi connectivity index (χ0) is 13.1. The van der Waals surface area contributed by atoms with E-state index in [9.17, 15) is 4.79 Å². The van der Waals surface area contributed by atoms with Crippen molar-refractivity contribution >= 4 is 16.8 Å². The lowest BCUT2D eigenvalue weighted by Crippen LogP contribution is -2.13. The number of aromatic nitrogens is 1. The molecule has 2 rings (SSSR count). The normalized spacial score (nSPS) is 11.0. The average Bonchev–Trinajstić information content (AvgIpc) is 2.63. The fraction of sp³-hybridized carbons (Fsp3) is 0.400. The van der Waals surface area contributed by atoms with Gasteiger partial charge in [0.25, 0.3) is 0 Å². The maximum atomic E-state index is 11.0. The Morgan fingerprint density at radius 1 is 1.39 bits per heavy atom. The van der Waals surface area contributed by atoms with Gasteiger partial charge in [-0.2, -0.15) is 0 Å². The molecule has 2 aromatic rings. The number of rotatable bonds is 5. The molecule has 0 fully saturated rings. The van der Waals surface area contributed by atoms with Gasteiger partial charge in [-0.1, -0.05) is 19.4 Å². The SMILES string of the molecule is CCCCn1cc(C)c2cc(CC(N)=O)ccc21. The van der Waals surface area contributed by atoms with Crippen molar-refractivity contribution in [2.75, 3.05) is 0 Å². The molecule has 18 heavy (non-hydrogen) atoms. The van der Waals surface area contributed by atoms with Crippen LogP contribution < -0.4 is 5.73 Å². The Balaban J connectivity index is 2.38. The van der Waals surface area contributed by atoms with Crippen molar-refractivity contribution in [2.24, 2.45) is 5.73 Å². The highest BCUT2D eigenvalue weighted by Gasteiger charge is 2.07. The van der Waals surface area contributed by atoms with Crippen LogP contribution in [0.25, 0.3) is 10.9 Å². The molecule has 0 saturated carbocycles. The molecule has 1 heterocycles. The van der Waals surface area contributed by atoms with E-state index in [0.717, 1.165) is 12.1 Å². The molecule has 2 N–H and O–H groups in total. The molecule has 1 aromatic heterocycles. The van der Waals surface area contributed by atoms with Gasteiger partial charge < -0.3 is 10.3 Å². The molecule has 0 bridgehead atoms. The lowest BCUT2D eigenvalue weighted by atomic mass is 10.1. The van der Waals surface area contributed by atoms with E-state index in [2.05, 4.69) is 36.7 Å². The Morgan fingerprint density at radius 2 is 2.17 bits per heavy atom. The molecule has 0 unspecified atom stereocenters. The number of aryl methyl sites for hydroxylation is 2. The molecule has 0 aliphatic carbocycles. The number of hydrogen-bond donors (Lipinski definition) is 1. The first kappa shape index (κ1) is 12.7. The Morgan fingerprint density at radius 3 is 2.83 bits per heavy atom. The minimum Gasteiger partial charge on any atom is -0.369 e. The van der Waals surface area contributed by atoms with Crippen LogP contribution in [0.1, 0.15) is 30.9 Å². The monoisotopic (exact) mass is 244 g/mol. The zero-order valence-electron chi connectivity index (χ0n) is 11.1. The second kappa shape index (κ2) is 5.25. The predicted octanol–water partition coefficient (Wildman–Crippen LogP) is 2.78. The fourth-order valence-electron chi connectivity index (χ4n) is 2.35. The minimum atomic E-state index is -0.280. The number of benzene rings is 1. The van der Waals surface area contributed by atoms with Crippen molar-refractivity contribution in [3.8, 4) is 0 Å². The molecule has 96 valence electrons. The first-order valence-electron chi connectivity index (χ1n) is 6.48. The van der Waals surface area contributed by atoms with Crippen LogP contribution in [0.5, 0.6) is 0 Å². The quantitative estimate of drug-likeness (QED) is 0.863. The van der Waals surface area contributed by atoms with E-state index < -0.39 is 0 Å². The lowest BCUT2D eigenvalue weighted by Gasteiger charge is -2.04. The van der Waals surface area contributed by atoms with Gasteiger partial charge in [0.1, 0.15) is 0 Å². The van der Waals surface area contributed by atoms with Crippen molar-refractivity contribution in [1.82, 2.24) is 4.57 Å². The van der Waals surface area contributed by atoms with Crippen LogP contribution in [-0.4, -0.2) is 10.5 Å². The van der Waals surface area contributed by atoms with Gasteiger partial charge in [0.2, 0.25) is 5.91 Å². The van der Waals surface area contributed by atoms with E-state index in [1.807, 2.05) is 6.07 Å². The summed E-state index contributed by atoms with van der Waals surface area (Å²) in [7, 11) is 0. The average molecular weight is 244 g/mol. The Bertz CT molecular complexity index is 569. The van der Waals surface area contributed by atoms with Gasteiger partial charge in [-0.15, -0.1) is 0 Å². The topological polar surface area (TPSA) is 48.0 Å². The van der Waals surface area contributed by atoms with Crippen LogP contribution in [0.4, 0.5) is 0 Å². The number of amides is 1. The summed E-state index contributed by atoms with van der Waals surface area (Å²) >= 11 is 0. The lowest BCUT2D eigenvalue weighted by molar-refractivity contribution is -0.117. The van der Waals surface area contributed by atoms with Crippen LogP contribution in [0.15, 0.2) is 24.4 Å². The standard InChI is InChI=1S/C15H20N2O/c1-3-4-7-17-10-11(2)13-8-12(9-15(16)18)5-6-14(13)17/h5-6,8,10H,3-4,7,9H2,1-2H3,(H2,16,18). The summed E-state index contributed by atoms with van der Waals surface area (Å²) in [5.74, 6) is -0.280. The van der Waals surface area contributed by atoms with E-state index in [1.54, 1.807) is 0 Å². The van der Waals surface area contributed by atoms with Crippen molar-refractivity contribution in [3.05, 3.63) is 35.5 Å². The minimum absolute atomic E-state index is 0.280. The fourth-order valence-corrected chi connectivity index (χ4v) is 2.35. The van der Waals surface area contributed by atoms with Crippen LogP contribution in [0.2, 0.25) is 0 Å². The van der Waals surface area contributed by atoms with E-state index in [-0.39, 0.29) is 5.91 Å². The molecule has 0 aliphatic rings. The number of unbranched alkanes of at least 4 members (excludes halogenated alkanes) is 1. The summed E-state index contributed by atoms with van der Waals surface area (Å²) in [6, 6.07) is 6.17. The van der Waals surface area contributed by atoms with E-state index in [4.69, 9.17) is 5.73 Å². The third-order valence-corrected chi connectivity index (χ3v) is 3.28. The first-order chi connectivity index (χ1) is 8.61. The van der Waals surface area contributed by atoms with Gasteiger partial charge >= 0.3 is 0 Å². The van der Waals surface area contributed by atoms with E-state index in [0.29, 0.717) is 6.42 Å². The van der Waals surface area contributed by atoms with Crippen molar-refractivity contribution in [3.63, 3.8) is 0 Å². The predicted molar refractivity (Wildman–Crippen MR) is 74.5 cm³/mol. The first-order valence-corrected chi connectivity index (χ1v) is 6.48. The summed E-state index contributed by atoms with van der Waals surface area (Å²) in [6.45, 7) is 5.36. The molecule has 0 radical (unpaired) electrons. The number of carbonyl (C=O) groups is 1. The smallest absolute Gasteiger partial charge is 0.221 e. The third-order valence-electron chi connectivity index (χ3n) is 3.28. The molecule has 1 aromatic carbocycles. The molecular weight excluding hydrogens is 224 g/mol. The molecule has 0 saturated heterocycles. The van der Waals surface area contributed by atoms with Crippen LogP contribution in [-0.2, 0) is 17.8 Å². The second-order valence-electron chi connectivity index (χ2n) is 4.85. The summed E-state index contributed by atoms with van der Waals surface area (Å²) in [6.07, 6.45) is 4.88. The van der Waals surface area contributed by atoms with Crippen LogP contribution in [0.3, 0.4) is 0 Å². The highest BCUT2D eigenvalue weighted by Crippen LogP contribution is 2.23. The zero-order valence-corrected chi connectivity index (χ0v) is 11.1. The highest BCUT2D eigenvalue weighted by molar-refractivity contribution is 5.86. The van der Waals surface area contributed by atoms with Gasteiger partial charge in [0, 0.05) is 23.6 Å². The maximum Gasteiger partial charge on any atom is 0.221 e.